The van der Waals surface area contributed by atoms with Crippen LogP contribution in [0.15, 0.2) is 0 Å². The predicted molar refractivity (Wildman–Crippen MR) is 111 cm³/mol. The lowest BCUT2D eigenvalue weighted by atomic mass is 10.2. The van der Waals surface area contributed by atoms with Crippen LogP contribution in [0.5, 0.6) is 0 Å². The third kappa shape index (κ3) is 4.71. The Morgan fingerprint density at radius 2 is 1.90 bits per heavy atom. The zero-order valence-corrected chi connectivity index (χ0v) is 19.0. The summed E-state index contributed by atoms with van der Waals surface area (Å²) in [7, 11) is 0. The lowest BCUT2D eigenvalue weighted by Gasteiger charge is -2.36. The van der Waals surface area contributed by atoms with Gasteiger partial charge in [-0.25, -0.2) is 4.79 Å². The van der Waals surface area contributed by atoms with E-state index in [4.69, 9.17) is 4.74 Å². The van der Waals surface area contributed by atoms with Crippen molar-refractivity contribution < 1.29 is 9.53 Å². The van der Waals surface area contributed by atoms with Crippen molar-refractivity contribution >= 4 is 73.9 Å². The van der Waals surface area contributed by atoms with Crippen molar-refractivity contribution in [3.63, 3.8) is 0 Å². The van der Waals surface area contributed by atoms with Gasteiger partial charge >= 0.3 is 6.09 Å². The second kappa shape index (κ2) is 8.00. The number of rotatable bonds is 6. The molecule has 122 valence electrons. The fourth-order valence-electron chi connectivity index (χ4n) is 2.99. The second-order valence-electron chi connectivity index (χ2n) is 6.59. The number of ether oxygens (including phenoxy) is 1. The number of alkyl halides is 3. The minimum Gasteiger partial charge on any atom is -0.443 e. The average molecular weight is 632 g/mol. The number of halogens is 3. The fourth-order valence-corrected chi connectivity index (χ4v) is 5.52. The molecule has 2 unspecified atom stereocenters. The van der Waals surface area contributed by atoms with Crippen molar-refractivity contribution in [2.45, 2.75) is 38.0 Å². The Hall–Kier alpha value is 1.42. The van der Waals surface area contributed by atoms with Gasteiger partial charge in [-0.05, 0) is 26.2 Å². The third-order valence-electron chi connectivity index (χ3n) is 4.20. The van der Waals surface area contributed by atoms with Gasteiger partial charge in [0.2, 0.25) is 0 Å². The summed E-state index contributed by atoms with van der Waals surface area (Å²) in [5, 5.41) is 0. The zero-order chi connectivity index (χ0) is 15.6. The molecule has 0 saturated carbocycles. The van der Waals surface area contributed by atoms with E-state index in [2.05, 4.69) is 72.7 Å². The van der Waals surface area contributed by atoms with Gasteiger partial charge in [0.25, 0.3) is 0 Å². The molecular formula is C14H23I3N2O2. The van der Waals surface area contributed by atoms with Crippen molar-refractivity contribution in [2.75, 3.05) is 32.9 Å². The van der Waals surface area contributed by atoms with Crippen molar-refractivity contribution in [1.29, 1.82) is 0 Å². The average Bonchev–Trinajstić information content (AvgIpc) is 3.04. The normalized spacial score (nSPS) is 25.9. The molecule has 1 amide bonds. The number of piperazine rings is 1. The van der Waals surface area contributed by atoms with Crippen LogP contribution < -0.4 is 0 Å². The fraction of sp³-hybridized carbons (Fsp3) is 0.929. The van der Waals surface area contributed by atoms with Crippen LogP contribution in [-0.2, 0) is 4.74 Å². The molecular weight excluding hydrogens is 609 g/mol. The first-order valence-electron chi connectivity index (χ1n) is 7.31. The molecule has 0 aromatic rings. The molecule has 2 aliphatic heterocycles. The highest BCUT2D eigenvalue weighted by Gasteiger charge is 2.46. The number of carbonyl (C=O) groups excluding carboxylic acids is 1. The lowest BCUT2D eigenvalue weighted by Crippen LogP contribution is -2.51. The zero-order valence-electron chi connectivity index (χ0n) is 12.5. The molecule has 2 fully saturated rings. The van der Waals surface area contributed by atoms with Gasteiger partial charge in [0, 0.05) is 45.0 Å². The lowest BCUT2D eigenvalue weighted by molar-refractivity contribution is 0.0161. The van der Waals surface area contributed by atoms with Crippen LogP contribution in [0.25, 0.3) is 0 Å². The van der Waals surface area contributed by atoms with Crippen LogP contribution in [0.3, 0.4) is 0 Å². The van der Waals surface area contributed by atoms with E-state index in [1.165, 1.54) is 15.4 Å². The summed E-state index contributed by atoms with van der Waals surface area (Å²) >= 11 is 7.24. The topological polar surface area (TPSA) is 32.8 Å². The molecule has 7 heteroatoms. The number of fused-ring (bicyclic) bond motifs is 2. The minimum atomic E-state index is -0.368. The molecule has 0 aliphatic carbocycles. The smallest absolute Gasteiger partial charge is 0.410 e. The van der Waals surface area contributed by atoms with Gasteiger partial charge in [-0.1, -0.05) is 67.8 Å². The number of carbonyl (C=O) groups is 1. The highest BCUT2D eigenvalue weighted by Crippen LogP contribution is 2.32. The van der Waals surface area contributed by atoms with Crippen molar-refractivity contribution in [1.82, 2.24) is 9.80 Å². The van der Waals surface area contributed by atoms with E-state index in [1.807, 2.05) is 18.7 Å². The summed E-state index contributed by atoms with van der Waals surface area (Å²) in [6.07, 6.45) is 0.998. The number of likely N-dealkylation sites (tertiary alicyclic amines) is 2. The summed E-state index contributed by atoms with van der Waals surface area (Å²) in [5.74, 6) is 0.768. The van der Waals surface area contributed by atoms with E-state index < -0.39 is 0 Å². The summed E-state index contributed by atoms with van der Waals surface area (Å²) in [5.41, 5.74) is -0.368. The first kappa shape index (κ1) is 18.8. The molecule has 0 N–H and O–H groups in total. The Balaban J connectivity index is 1.87. The molecule has 2 rings (SSSR count). The molecule has 0 radical (unpaired) electrons. The van der Waals surface area contributed by atoms with Crippen LogP contribution in [0, 0.1) is 5.92 Å². The molecule has 4 nitrogen and oxygen atoms in total. The van der Waals surface area contributed by atoms with Crippen LogP contribution >= 0.6 is 67.8 Å². The highest BCUT2D eigenvalue weighted by molar-refractivity contribution is 14.1. The van der Waals surface area contributed by atoms with Gasteiger partial charge in [0.1, 0.15) is 5.60 Å². The Morgan fingerprint density at radius 3 is 2.38 bits per heavy atom. The summed E-state index contributed by atoms with van der Waals surface area (Å²) < 4.78 is 8.88. The van der Waals surface area contributed by atoms with E-state index in [1.54, 1.807) is 0 Å². The molecule has 2 aliphatic rings. The van der Waals surface area contributed by atoms with Crippen LogP contribution in [0.2, 0.25) is 0 Å². The predicted octanol–water partition coefficient (Wildman–Crippen LogP) is 3.58. The van der Waals surface area contributed by atoms with Gasteiger partial charge in [-0.2, -0.15) is 0 Å². The molecule has 21 heavy (non-hydrogen) atoms. The molecule has 2 heterocycles. The molecule has 2 atom stereocenters. The van der Waals surface area contributed by atoms with Crippen molar-refractivity contribution in [3.8, 4) is 0 Å². The maximum absolute atomic E-state index is 12.3. The van der Waals surface area contributed by atoms with E-state index in [-0.39, 0.29) is 11.7 Å². The van der Waals surface area contributed by atoms with E-state index in [0.29, 0.717) is 12.1 Å². The quantitative estimate of drug-likeness (QED) is 0.332. The van der Waals surface area contributed by atoms with Crippen LogP contribution in [0.1, 0.15) is 20.3 Å². The van der Waals surface area contributed by atoms with E-state index >= 15 is 0 Å². The minimum absolute atomic E-state index is 0.122. The number of hydrogen-bond acceptors (Lipinski definition) is 3. The molecule has 0 aromatic heterocycles. The number of hydrogen-bond donors (Lipinski definition) is 0. The van der Waals surface area contributed by atoms with E-state index in [9.17, 15) is 4.79 Å². The third-order valence-corrected chi connectivity index (χ3v) is 8.53. The molecule has 0 aromatic carbocycles. The van der Waals surface area contributed by atoms with Gasteiger partial charge in [0.15, 0.2) is 0 Å². The monoisotopic (exact) mass is 632 g/mol. The Labute approximate surface area is 168 Å². The van der Waals surface area contributed by atoms with Crippen molar-refractivity contribution in [3.05, 3.63) is 0 Å². The first-order chi connectivity index (χ1) is 9.90. The Morgan fingerprint density at radius 1 is 1.24 bits per heavy atom. The standard InChI is InChI=1S/C14H23I3N2O2/c1-14(2,9-17)21-13(20)19-8-11-3-12(19)7-18(11)6-10(4-15)5-16/h10-12H,3-9H2,1-2H3. The van der Waals surface area contributed by atoms with E-state index in [0.717, 1.165) is 29.9 Å². The molecule has 0 spiro atoms. The van der Waals surface area contributed by atoms with Crippen molar-refractivity contribution in [2.24, 2.45) is 5.92 Å². The van der Waals surface area contributed by atoms with Crippen LogP contribution in [0.4, 0.5) is 4.79 Å². The molecule has 2 saturated heterocycles. The summed E-state index contributed by atoms with van der Waals surface area (Å²) in [6.45, 7) is 6.99. The Kier molecular flexibility index (Phi) is 7.14. The maximum atomic E-state index is 12.3. The largest absolute Gasteiger partial charge is 0.443 e. The maximum Gasteiger partial charge on any atom is 0.410 e. The summed E-state index contributed by atoms with van der Waals surface area (Å²) in [6, 6.07) is 0.898. The number of amides is 1. The first-order valence-corrected chi connectivity index (χ1v) is 11.9. The van der Waals surface area contributed by atoms with Gasteiger partial charge in [-0.15, -0.1) is 0 Å². The highest BCUT2D eigenvalue weighted by atomic mass is 127. The second-order valence-corrected chi connectivity index (χ2v) is 9.11. The number of nitrogens with zero attached hydrogens (tertiary/aromatic N) is 2. The van der Waals surface area contributed by atoms with Crippen LogP contribution in [-0.4, -0.2) is 66.5 Å². The SMILES string of the molecule is CC(C)(CI)OC(=O)N1CC2CC1CN2CC(CI)CI. The summed E-state index contributed by atoms with van der Waals surface area (Å²) in [4.78, 5) is 16.9. The van der Waals surface area contributed by atoms with Gasteiger partial charge < -0.3 is 9.64 Å². The van der Waals surface area contributed by atoms with Gasteiger partial charge in [0.05, 0.1) is 0 Å². The molecule has 2 bridgehead atoms. The van der Waals surface area contributed by atoms with Gasteiger partial charge in [-0.3, -0.25) is 4.90 Å². The Bertz CT molecular complexity index is 377.